The largest absolute Gasteiger partial charge is 0.351 e. The molecule has 1 aromatic carbocycles. The summed E-state index contributed by atoms with van der Waals surface area (Å²) in [6.07, 6.45) is 1.26. The van der Waals surface area contributed by atoms with Crippen molar-refractivity contribution in [3.8, 4) is 0 Å². The molecule has 2 aromatic rings. The first-order valence-electron chi connectivity index (χ1n) is 8.70. The molecule has 1 aromatic heterocycles. The van der Waals surface area contributed by atoms with E-state index in [4.69, 9.17) is 0 Å². The van der Waals surface area contributed by atoms with Gasteiger partial charge in [-0.1, -0.05) is 24.3 Å². The lowest BCUT2D eigenvalue weighted by molar-refractivity contribution is -0.124. The number of rotatable bonds is 5. The van der Waals surface area contributed by atoms with Gasteiger partial charge in [-0.2, -0.15) is 4.31 Å². The van der Waals surface area contributed by atoms with Crippen molar-refractivity contribution in [2.45, 2.75) is 42.7 Å². The molecule has 3 heterocycles. The monoisotopic (exact) mass is 427 g/mol. The molecule has 0 aliphatic carbocycles. The Balaban J connectivity index is 0.00000210. The second-order valence-corrected chi connectivity index (χ2v) is 9.70. The van der Waals surface area contributed by atoms with Crippen LogP contribution in [0.25, 0.3) is 0 Å². The van der Waals surface area contributed by atoms with Crippen LogP contribution in [0.1, 0.15) is 29.5 Å². The summed E-state index contributed by atoms with van der Waals surface area (Å²) < 4.78 is 27.2. The van der Waals surface area contributed by atoms with Crippen molar-refractivity contribution in [2.75, 3.05) is 6.54 Å². The van der Waals surface area contributed by atoms with Gasteiger partial charge in [0.05, 0.1) is 0 Å². The van der Waals surface area contributed by atoms with Crippen LogP contribution < -0.4 is 10.6 Å². The highest BCUT2D eigenvalue weighted by molar-refractivity contribution is 7.91. The van der Waals surface area contributed by atoms with Crippen LogP contribution in [-0.4, -0.2) is 31.2 Å². The summed E-state index contributed by atoms with van der Waals surface area (Å²) in [4.78, 5) is 12.7. The van der Waals surface area contributed by atoms with Crippen LogP contribution >= 0.6 is 23.7 Å². The molecule has 1 saturated heterocycles. The minimum absolute atomic E-state index is 0. The minimum atomic E-state index is -3.60. The summed E-state index contributed by atoms with van der Waals surface area (Å²) in [5.74, 6) is -0.221. The minimum Gasteiger partial charge on any atom is -0.351 e. The molecule has 0 saturated carbocycles. The fraction of sp³-hybridized carbons (Fsp3) is 0.389. The number of thiophene rings is 1. The molecule has 1 atom stereocenters. The molecule has 146 valence electrons. The lowest BCUT2D eigenvalue weighted by Gasteiger charge is -2.22. The van der Waals surface area contributed by atoms with E-state index >= 15 is 0 Å². The number of benzene rings is 1. The molecular formula is C18H22ClN3O3S2. The number of halogens is 1. The van der Waals surface area contributed by atoms with Crippen LogP contribution in [0, 0.1) is 0 Å². The van der Waals surface area contributed by atoms with Gasteiger partial charge in [-0.25, -0.2) is 8.42 Å². The van der Waals surface area contributed by atoms with Crippen LogP contribution in [0.5, 0.6) is 0 Å². The van der Waals surface area contributed by atoms with E-state index < -0.39 is 16.1 Å². The average Bonchev–Trinajstić information content (AvgIpc) is 3.40. The molecule has 2 N–H and O–H groups in total. The third-order valence-corrected chi connectivity index (χ3v) is 8.21. The summed E-state index contributed by atoms with van der Waals surface area (Å²) in [6, 6.07) is 8.88. The Morgan fingerprint density at radius 3 is 2.85 bits per heavy atom. The van der Waals surface area contributed by atoms with E-state index in [1.54, 1.807) is 17.5 Å². The lowest BCUT2D eigenvalue weighted by atomic mass is 10.1. The predicted molar refractivity (Wildman–Crippen MR) is 107 cm³/mol. The first-order chi connectivity index (χ1) is 12.6. The zero-order chi connectivity index (χ0) is 18.1. The van der Waals surface area contributed by atoms with Gasteiger partial charge in [0.25, 0.3) is 10.0 Å². The van der Waals surface area contributed by atoms with Gasteiger partial charge < -0.3 is 10.6 Å². The number of carbonyl (C=O) groups is 1. The SMILES string of the molecule is Cl.O=C(NCc1ccc2c(c1)CNC2)C1CCCN1S(=O)(=O)c1cccs1. The Labute approximate surface area is 169 Å². The number of sulfonamides is 1. The highest BCUT2D eigenvalue weighted by Gasteiger charge is 2.39. The van der Waals surface area contributed by atoms with Crippen molar-refractivity contribution in [2.24, 2.45) is 0 Å². The molecule has 0 radical (unpaired) electrons. The Morgan fingerprint density at radius 2 is 2.07 bits per heavy atom. The summed E-state index contributed by atoms with van der Waals surface area (Å²) in [6.45, 7) is 2.55. The van der Waals surface area contributed by atoms with E-state index in [2.05, 4.69) is 22.8 Å². The average molecular weight is 428 g/mol. The summed E-state index contributed by atoms with van der Waals surface area (Å²) in [5, 5.41) is 7.95. The fourth-order valence-corrected chi connectivity index (χ4v) is 6.36. The lowest BCUT2D eigenvalue weighted by Crippen LogP contribution is -2.45. The summed E-state index contributed by atoms with van der Waals surface area (Å²) >= 11 is 1.18. The van der Waals surface area contributed by atoms with Gasteiger partial charge in [-0.05, 0) is 41.0 Å². The fourth-order valence-electron chi connectivity index (χ4n) is 3.58. The summed E-state index contributed by atoms with van der Waals surface area (Å²) in [5.41, 5.74) is 3.59. The number of fused-ring (bicyclic) bond motifs is 1. The maximum absolute atomic E-state index is 12.8. The normalized spacial score (nSPS) is 19.5. The molecule has 9 heteroatoms. The van der Waals surface area contributed by atoms with Crippen LogP contribution in [0.3, 0.4) is 0 Å². The highest BCUT2D eigenvalue weighted by atomic mass is 35.5. The van der Waals surface area contributed by atoms with Crippen molar-refractivity contribution < 1.29 is 13.2 Å². The van der Waals surface area contributed by atoms with Crippen LogP contribution in [0.15, 0.2) is 39.9 Å². The molecule has 2 aliphatic heterocycles. The van der Waals surface area contributed by atoms with Crippen LogP contribution in [-0.2, 0) is 34.5 Å². The Hall–Kier alpha value is -1.45. The quantitative estimate of drug-likeness (QED) is 0.767. The molecule has 4 rings (SSSR count). The maximum atomic E-state index is 12.8. The maximum Gasteiger partial charge on any atom is 0.253 e. The van der Waals surface area contributed by atoms with E-state index in [1.165, 1.54) is 26.8 Å². The molecular weight excluding hydrogens is 406 g/mol. The number of nitrogens with one attached hydrogen (secondary N) is 2. The second-order valence-electron chi connectivity index (χ2n) is 6.63. The molecule has 1 unspecified atom stereocenters. The standard InChI is InChI=1S/C18H21N3O3S2.ClH/c22-18(20-10-13-5-6-14-11-19-12-15(14)9-13)16-3-1-7-21(16)26(23,24)17-4-2-8-25-17;/h2,4-6,8-9,16,19H,1,3,7,10-12H2,(H,20,22);1H. The molecule has 1 fully saturated rings. The Morgan fingerprint density at radius 1 is 1.26 bits per heavy atom. The number of carbonyl (C=O) groups excluding carboxylic acids is 1. The molecule has 27 heavy (non-hydrogen) atoms. The third kappa shape index (κ3) is 4.05. The number of nitrogens with zero attached hydrogens (tertiary/aromatic N) is 1. The topological polar surface area (TPSA) is 78.5 Å². The van der Waals surface area contributed by atoms with Gasteiger partial charge in [-0.15, -0.1) is 23.7 Å². The van der Waals surface area contributed by atoms with Gasteiger partial charge in [-0.3, -0.25) is 4.79 Å². The van der Waals surface area contributed by atoms with Crippen molar-refractivity contribution >= 4 is 39.7 Å². The van der Waals surface area contributed by atoms with Gasteiger partial charge in [0.15, 0.2) is 0 Å². The van der Waals surface area contributed by atoms with Crippen molar-refractivity contribution in [1.82, 2.24) is 14.9 Å². The first-order valence-corrected chi connectivity index (χ1v) is 11.0. The molecule has 0 spiro atoms. The summed E-state index contributed by atoms with van der Waals surface area (Å²) in [7, 11) is -3.60. The number of hydrogen-bond donors (Lipinski definition) is 2. The highest BCUT2D eigenvalue weighted by Crippen LogP contribution is 2.28. The van der Waals surface area contributed by atoms with E-state index in [-0.39, 0.29) is 18.3 Å². The second kappa shape index (κ2) is 8.28. The van der Waals surface area contributed by atoms with Gasteiger partial charge in [0.2, 0.25) is 5.91 Å². The van der Waals surface area contributed by atoms with E-state index in [1.807, 2.05) is 6.07 Å². The van der Waals surface area contributed by atoms with E-state index in [9.17, 15) is 13.2 Å². The molecule has 1 amide bonds. The Bertz CT molecular complexity index is 916. The van der Waals surface area contributed by atoms with Gasteiger partial charge in [0.1, 0.15) is 10.3 Å². The van der Waals surface area contributed by atoms with E-state index in [0.717, 1.165) is 18.7 Å². The number of hydrogen-bond acceptors (Lipinski definition) is 5. The van der Waals surface area contributed by atoms with Crippen LogP contribution in [0.4, 0.5) is 0 Å². The van der Waals surface area contributed by atoms with Crippen molar-refractivity contribution in [1.29, 1.82) is 0 Å². The molecule has 0 bridgehead atoms. The van der Waals surface area contributed by atoms with Gasteiger partial charge in [0, 0.05) is 26.2 Å². The predicted octanol–water partition coefficient (Wildman–Crippen LogP) is 2.24. The first kappa shape index (κ1) is 20.3. The Kier molecular flexibility index (Phi) is 6.22. The van der Waals surface area contributed by atoms with E-state index in [0.29, 0.717) is 30.1 Å². The smallest absolute Gasteiger partial charge is 0.253 e. The zero-order valence-corrected chi connectivity index (χ0v) is 17.1. The van der Waals surface area contributed by atoms with Crippen molar-refractivity contribution in [3.05, 3.63) is 52.4 Å². The zero-order valence-electron chi connectivity index (χ0n) is 14.7. The van der Waals surface area contributed by atoms with Crippen molar-refractivity contribution in [3.63, 3.8) is 0 Å². The third-order valence-electron chi connectivity index (χ3n) is 4.93. The van der Waals surface area contributed by atoms with Crippen LogP contribution in [0.2, 0.25) is 0 Å². The molecule has 6 nitrogen and oxygen atoms in total. The number of amides is 1. The van der Waals surface area contributed by atoms with Gasteiger partial charge >= 0.3 is 0 Å². The molecule has 2 aliphatic rings.